The number of likely N-dealkylation sites (tertiary alicyclic amines) is 1. The van der Waals surface area contributed by atoms with Gasteiger partial charge in [0.05, 0.1) is 22.5 Å². The molecular weight excluding hydrogens is 319 g/mol. The van der Waals surface area contributed by atoms with Crippen LogP contribution in [0.3, 0.4) is 0 Å². The molecule has 0 saturated carbocycles. The molecule has 7 heteroatoms. The first-order valence-electron chi connectivity index (χ1n) is 6.41. The fraction of sp³-hybridized carbons (Fsp3) is 0.615. The summed E-state index contributed by atoms with van der Waals surface area (Å²) in [5, 5.41) is 9.81. The Kier molecular flexibility index (Phi) is 5.45. The number of aliphatic hydroxyl groups excluding tert-OH is 1. The Bertz CT molecular complexity index is 493. The molecule has 0 aromatic carbocycles. The lowest BCUT2D eigenvalue weighted by molar-refractivity contribution is 0.0902. The molecule has 1 fully saturated rings. The van der Waals surface area contributed by atoms with Crippen LogP contribution in [0.4, 0.5) is 0 Å². The largest absolute Gasteiger partial charge is 0.392 e. The number of β-amino-alcohol motifs (C(OH)–C–C–N with tert-alkyl or cyclic N) is 1. The maximum atomic E-state index is 12.3. The van der Waals surface area contributed by atoms with Crippen LogP contribution in [0, 0.1) is 0 Å². The van der Waals surface area contributed by atoms with Gasteiger partial charge in [-0.25, -0.2) is 0 Å². The summed E-state index contributed by atoms with van der Waals surface area (Å²) in [4.78, 5) is 16.4. The Balaban J connectivity index is 2.04. The van der Waals surface area contributed by atoms with Gasteiger partial charge in [-0.15, -0.1) is 11.3 Å². The summed E-state index contributed by atoms with van der Waals surface area (Å²) in [6.07, 6.45) is 0.332. The predicted molar refractivity (Wildman–Crippen MR) is 83.2 cm³/mol. The molecule has 1 aliphatic heterocycles. The number of halogens is 2. The highest BCUT2D eigenvalue weighted by atomic mass is 35.5. The summed E-state index contributed by atoms with van der Waals surface area (Å²) in [6.45, 7) is 1.62. The van der Waals surface area contributed by atoms with Crippen molar-refractivity contribution in [2.75, 3.05) is 33.7 Å². The van der Waals surface area contributed by atoms with Gasteiger partial charge < -0.3 is 10.0 Å². The van der Waals surface area contributed by atoms with Gasteiger partial charge in [0, 0.05) is 19.1 Å². The maximum Gasteiger partial charge on any atom is 0.179 e. The van der Waals surface area contributed by atoms with Crippen molar-refractivity contribution in [3.8, 4) is 0 Å². The number of thiophene rings is 1. The number of likely N-dealkylation sites (N-methyl/N-ethyl adjacent to an activating group) is 1. The molecule has 1 aromatic heterocycles. The minimum atomic E-state index is -0.366. The zero-order valence-corrected chi connectivity index (χ0v) is 13.8. The first-order chi connectivity index (χ1) is 9.36. The lowest BCUT2D eigenvalue weighted by Gasteiger charge is -2.25. The smallest absolute Gasteiger partial charge is 0.179 e. The molecule has 20 heavy (non-hydrogen) atoms. The molecule has 4 nitrogen and oxygen atoms in total. The van der Waals surface area contributed by atoms with Crippen LogP contribution in [-0.2, 0) is 0 Å². The van der Waals surface area contributed by atoms with Gasteiger partial charge in [-0.1, -0.05) is 23.2 Å². The molecule has 0 amide bonds. The molecule has 1 aliphatic rings. The number of hydrogen-bond acceptors (Lipinski definition) is 5. The summed E-state index contributed by atoms with van der Waals surface area (Å²) < 4.78 is 0.952. The van der Waals surface area contributed by atoms with E-state index in [4.69, 9.17) is 23.2 Å². The summed E-state index contributed by atoms with van der Waals surface area (Å²) >= 11 is 13.1. The molecule has 1 N–H and O–H groups in total. The zero-order valence-electron chi connectivity index (χ0n) is 11.5. The van der Waals surface area contributed by atoms with E-state index in [2.05, 4.69) is 4.90 Å². The average Bonchev–Trinajstić information content (AvgIpc) is 2.81. The third-order valence-electron chi connectivity index (χ3n) is 3.39. The highest BCUT2D eigenvalue weighted by Gasteiger charge is 2.32. The van der Waals surface area contributed by atoms with Crippen LogP contribution in [0.2, 0.25) is 8.67 Å². The number of ketones is 1. The van der Waals surface area contributed by atoms with Crippen molar-refractivity contribution < 1.29 is 9.90 Å². The van der Waals surface area contributed by atoms with Gasteiger partial charge >= 0.3 is 0 Å². The van der Waals surface area contributed by atoms with E-state index >= 15 is 0 Å². The molecule has 0 radical (unpaired) electrons. The molecule has 2 unspecified atom stereocenters. The number of carbonyl (C=O) groups is 1. The molecule has 112 valence electrons. The van der Waals surface area contributed by atoms with Gasteiger partial charge in [0.2, 0.25) is 0 Å². The second-order valence-electron chi connectivity index (χ2n) is 5.40. The minimum absolute atomic E-state index is 0.0454. The topological polar surface area (TPSA) is 43.8 Å². The second kappa shape index (κ2) is 6.73. The van der Waals surface area contributed by atoms with Crippen molar-refractivity contribution in [2.45, 2.75) is 18.6 Å². The SMILES string of the molecule is CN(C)CC1CC(O)CN1CC(=O)c1cc(Cl)sc1Cl. The number of aliphatic hydroxyl groups is 1. The second-order valence-corrected chi connectivity index (χ2v) is 7.68. The fourth-order valence-corrected chi connectivity index (χ4v) is 4.06. The van der Waals surface area contributed by atoms with Crippen molar-refractivity contribution in [3.63, 3.8) is 0 Å². The quantitative estimate of drug-likeness (QED) is 0.837. The summed E-state index contributed by atoms with van der Waals surface area (Å²) in [6, 6.07) is 1.81. The van der Waals surface area contributed by atoms with Crippen LogP contribution in [0.5, 0.6) is 0 Å². The standard InChI is InChI=1S/C13H18Cl2N2O2S/c1-16(2)5-8-3-9(18)6-17(8)7-11(19)10-4-12(14)20-13(10)15/h4,8-9,18H,3,5-7H2,1-2H3. The van der Waals surface area contributed by atoms with Crippen molar-refractivity contribution in [3.05, 3.63) is 20.3 Å². The number of carbonyl (C=O) groups excluding carboxylic acids is 1. The molecule has 1 aromatic rings. The van der Waals surface area contributed by atoms with E-state index in [1.165, 1.54) is 11.3 Å². The van der Waals surface area contributed by atoms with E-state index in [9.17, 15) is 9.90 Å². The van der Waals surface area contributed by atoms with Gasteiger partial charge in [0.1, 0.15) is 4.34 Å². The summed E-state index contributed by atoms with van der Waals surface area (Å²) in [5.74, 6) is -0.0454. The lowest BCUT2D eigenvalue weighted by Crippen LogP contribution is -2.40. The molecular formula is C13H18Cl2N2O2S. The van der Waals surface area contributed by atoms with Crippen LogP contribution < -0.4 is 0 Å². The molecule has 1 saturated heterocycles. The summed E-state index contributed by atoms with van der Waals surface area (Å²) in [7, 11) is 3.97. The van der Waals surface area contributed by atoms with Gasteiger partial charge in [-0.2, -0.15) is 0 Å². The van der Waals surface area contributed by atoms with Gasteiger partial charge in [0.15, 0.2) is 5.78 Å². The highest BCUT2D eigenvalue weighted by molar-refractivity contribution is 7.20. The van der Waals surface area contributed by atoms with Gasteiger partial charge in [-0.3, -0.25) is 9.69 Å². The van der Waals surface area contributed by atoms with Crippen LogP contribution in [0.15, 0.2) is 6.07 Å². The summed E-state index contributed by atoms with van der Waals surface area (Å²) in [5.41, 5.74) is 0.478. The minimum Gasteiger partial charge on any atom is -0.392 e. The number of Topliss-reactive ketones (excluding diaryl/α,β-unsaturated/α-hetero) is 1. The first kappa shape index (κ1) is 16.2. The lowest BCUT2D eigenvalue weighted by atomic mass is 10.1. The molecule has 2 heterocycles. The molecule has 0 spiro atoms. The Morgan fingerprint density at radius 2 is 2.25 bits per heavy atom. The highest BCUT2D eigenvalue weighted by Crippen LogP contribution is 2.32. The van der Waals surface area contributed by atoms with E-state index < -0.39 is 0 Å². The Morgan fingerprint density at radius 3 is 2.80 bits per heavy atom. The van der Waals surface area contributed by atoms with Crippen molar-refractivity contribution >= 4 is 40.3 Å². The third kappa shape index (κ3) is 3.93. The predicted octanol–water partition coefficient (Wildman–Crippen LogP) is 2.23. The van der Waals surface area contributed by atoms with E-state index in [0.29, 0.717) is 27.2 Å². The van der Waals surface area contributed by atoms with Crippen molar-refractivity contribution in [1.82, 2.24) is 9.80 Å². The van der Waals surface area contributed by atoms with Gasteiger partial charge in [-0.05, 0) is 26.6 Å². The normalized spacial score (nSPS) is 23.7. The molecule has 0 aliphatic carbocycles. The zero-order chi connectivity index (χ0) is 14.9. The van der Waals surface area contributed by atoms with E-state index in [1.807, 2.05) is 19.0 Å². The fourth-order valence-electron chi connectivity index (χ4n) is 2.56. The van der Waals surface area contributed by atoms with Crippen LogP contribution in [-0.4, -0.2) is 66.6 Å². The van der Waals surface area contributed by atoms with E-state index in [-0.39, 0.29) is 24.5 Å². The number of nitrogens with zero attached hydrogens (tertiary/aromatic N) is 2. The number of rotatable bonds is 5. The Labute approximate surface area is 132 Å². The first-order valence-corrected chi connectivity index (χ1v) is 7.99. The van der Waals surface area contributed by atoms with Crippen LogP contribution in [0.1, 0.15) is 16.8 Å². The number of hydrogen-bond donors (Lipinski definition) is 1. The third-order valence-corrected chi connectivity index (χ3v) is 4.87. The monoisotopic (exact) mass is 336 g/mol. The van der Waals surface area contributed by atoms with Gasteiger partial charge in [0.25, 0.3) is 0 Å². The maximum absolute atomic E-state index is 12.3. The Hall–Kier alpha value is -0.170. The van der Waals surface area contributed by atoms with Crippen LogP contribution >= 0.6 is 34.5 Å². The molecule has 0 bridgehead atoms. The van der Waals surface area contributed by atoms with Crippen molar-refractivity contribution in [2.24, 2.45) is 0 Å². The molecule has 2 atom stereocenters. The van der Waals surface area contributed by atoms with Crippen LogP contribution in [0.25, 0.3) is 0 Å². The van der Waals surface area contributed by atoms with Crippen molar-refractivity contribution in [1.29, 1.82) is 0 Å². The van der Waals surface area contributed by atoms with E-state index in [0.717, 1.165) is 6.54 Å². The van der Waals surface area contributed by atoms with E-state index in [1.54, 1.807) is 6.07 Å². The average molecular weight is 337 g/mol. The Morgan fingerprint density at radius 1 is 1.55 bits per heavy atom. The molecule has 2 rings (SSSR count).